The third-order valence-electron chi connectivity index (χ3n) is 4.83. The topological polar surface area (TPSA) is 103 Å². The second kappa shape index (κ2) is 6.53. The van der Waals surface area contributed by atoms with Gasteiger partial charge in [-0.05, 0) is 36.8 Å². The molecule has 1 aliphatic heterocycles. The van der Waals surface area contributed by atoms with E-state index in [1.165, 1.54) is 4.90 Å². The molecule has 1 unspecified atom stereocenters. The molecule has 4 rings (SSSR count). The van der Waals surface area contributed by atoms with Gasteiger partial charge in [-0.15, -0.1) is 0 Å². The molecule has 3 aromatic rings. The number of nitrogens with two attached hydrogens (primary N) is 1. The van der Waals surface area contributed by atoms with Crippen LogP contribution in [0.15, 0.2) is 51.7 Å². The number of ether oxygens (including phenoxy) is 1. The second-order valence-corrected chi connectivity index (χ2v) is 6.82. The molecule has 2 N–H and O–H groups in total. The average molecular weight is 378 g/mol. The molecule has 7 heteroatoms. The van der Waals surface area contributed by atoms with Crippen molar-refractivity contribution in [2.24, 2.45) is 5.73 Å². The number of amides is 2. The largest absolute Gasteiger partial charge is 0.484 e. The molecule has 2 aromatic carbocycles. The van der Waals surface area contributed by atoms with Gasteiger partial charge in [0.1, 0.15) is 11.3 Å². The Morgan fingerprint density at radius 3 is 2.57 bits per heavy atom. The number of hydrogen-bond acceptors (Lipinski definition) is 5. The molecule has 0 fully saturated rings. The lowest BCUT2D eigenvalue weighted by Crippen LogP contribution is -2.25. The van der Waals surface area contributed by atoms with Crippen LogP contribution < -0.4 is 15.9 Å². The summed E-state index contributed by atoms with van der Waals surface area (Å²) in [4.78, 5) is 38.2. The van der Waals surface area contributed by atoms with Gasteiger partial charge < -0.3 is 19.8 Å². The Kier molecular flexibility index (Phi) is 4.15. The molecule has 1 aromatic heterocycles. The third-order valence-corrected chi connectivity index (χ3v) is 4.83. The minimum Gasteiger partial charge on any atom is -0.484 e. The van der Waals surface area contributed by atoms with E-state index >= 15 is 0 Å². The van der Waals surface area contributed by atoms with Gasteiger partial charge in [0, 0.05) is 7.05 Å². The van der Waals surface area contributed by atoms with Crippen LogP contribution in [0.25, 0.3) is 11.0 Å². The molecule has 1 aliphatic rings. The van der Waals surface area contributed by atoms with Crippen LogP contribution in [0.4, 0.5) is 0 Å². The number of primary amides is 1. The smallest absolute Gasteiger partial charge is 0.290 e. The number of carbonyl (C=O) groups is 2. The summed E-state index contributed by atoms with van der Waals surface area (Å²) in [6, 6.07) is 11.6. The molecule has 2 heterocycles. The highest BCUT2D eigenvalue weighted by Crippen LogP contribution is 2.37. The van der Waals surface area contributed by atoms with Crippen molar-refractivity contribution < 1.29 is 18.7 Å². The van der Waals surface area contributed by atoms with Crippen LogP contribution in [0.1, 0.15) is 33.3 Å². The Labute approximate surface area is 160 Å². The fourth-order valence-corrected chi connectivity index (χ4v) is 3.49. The summed E-state index contributed by atoms with van der Waals surface area (Å²) in [7, 11) is 1.63. The number of hydrogen-bond donors (Lipinski definition) is 1. The molecule has 1 atom stereocenters. The van der Waals surface area contributed by atoms with Crippen molar-refractivity contribution in [1.82, 2.24) is 4.90 Å². The van der Waals surface area contributed by atoms with Crippen molar-refractivity contribution in [2.45, 2.75) is 13.0 Å². The van der Waals surface area contributed by atoms with Gasteiger partial charge in [0.05, 0.1) is 17.0 Å². The maximum atomic E-state index is 13.2. The first-order valence-corrected chi connectivity index (χ1v) is 8.72. The number of aryl methyl sites for hydroxylation is 1. The number of rotatable bonds is 4. The summed E-state index contributed by atoms with van der Waals surface area (Å²) >= 11 is 0. The molecule has 142 valence electrons. The summed E-state index contributed by atoms with van der Waals surface area (Å²) < 4.78 is 11.1. The molecule has 0 saturated carbocycles. The van der Waals surface area contributed by atoms with Crippen LogP contribution in [-0.2, 0) is 4.79 Å². The summed E-state index contributed by atoms with van der Waals surface area (Å²) in [6.45, 7) is 1.67. The Morgan fingerprint density at radius 1 is 1.18 bits per heavy atom. The zero-order chi connectivity index (χ0) is 20.0. The predicted molar refractivity (Wildman–Crippen MR) is 102 cm³/mol. The maximum Gasteiger partial charge on any atom is 0.290 e. The van der Waals surface area contributed by atoms with Crippen molar-refractivity contribution in [1.29, 1.82) is 0 Å². The Morgan fingerprint density at radius 2 is 1.89 bits per heavy atom. The molecule has 28 heavy (non-hydrogen) atoms. The molecular weight excluding hydrogens is 360 g/mol. The third kappa shape index (κ3) is 2.81. The maximum absolute atomic E-state index is 13.2. The number of nitrogens with zero attached hydrogens (tertiary/aromatic N) is 1. The number of fused-ring (bicyclic) bond motifs is 2. The van der Waals surface area contributed by atoms with E-state index < -0.39 is 11.9 Å². The van der Waals surface area contributed by atoms with Crippen LogP contribution in [0.3, 0.4) is 0 Å². The highest BCUT2D eigenvalue weighted by Gasteiger charge is 2.40. The van der Waals surface area contributed by atoms with E-state index in [1.807, 2.05) is 13.0 Å². The fourth-order valence-electron chi connectivity index (χ4n) is 3.49. The normalized spacial score (nSPS) is 15.7. The van der Waals surface area contributed by atoms with Crippen molar-refractivity contribution in [3.63, 3.8) is 0 Å². The van der Waals surface area contributed by atoms with Gasteiger partial charge in [-0.2, -0.15) is 0 Å². The first-order valence-electron chi connectivity index (χ1n) is 8.72. The van der Waals surface area contributed by atoms with Gasteiger partial charge >= 0.3 is 0 Å². The minimum absolute atomic E-state index is 0.0721. The lowest BCUT2D eigenvalue weighted by atomic mass is 9.98. The van der Waals surface area contributed by atoms with E-state index in [-0.39, 0.29) is 23.7 Å². The van der Waals surface area contributed by atoms with Crippen molar-refractivity contribution in [3.05, 3.63) is 75.1 Å². The first-order chi connectivity index (χ1) is 13.4. The fraction of sp³-hybridized carbons (Fsp3) is 0.190. The zero-order valence-electron chi connectivity index (χ0n) is 15.4. The highest BCUT2D eigenvalue weighted by molar-refractivity contribution is 5.98. The summed E-state index contributed by atoms with van der Waals surface area (Å²) in [5.74, 6) is -0.369. The molecular formula is C21H18N2O5. The van der Waals surface area contributed by atoms with Gasteiger partial charge in [-0.3, -0.25) is 14.4 Å². The van der Waals surface area contributed by atoms with E-state index in [0.717, 1.165) is 11.1 Å². The highest BCUT2D eigenvalue weighted by atomic mass is 16.5. The van der Waals surface area contributed by atoms with Crippen LogP contribution in [0.2, 0.25) is 0 Å². The van der Waals surface area contributed by atoms with E-state index in [2.05, 4.69) is 0 Å². The van der Waals surface area contributed by atoms with Gasteiger partial charge in [0.15, 0.2) is 12.0 Å². The van der Waals surface area contributed by atoms with E-state index in [0.29, 0.717) is 22.3 Å². The first kappa shape index (κ1) is 17.8. The second-order valence-electron chi connectivity index (χ2n) is 6.82. The standard InChI is InChI=1S/C21H18N2O5/c1-11-3-8-15-14(9-11)19(25)17-18(23(2)21(26)20(17)28-15)12-4-6-13(7-5-12)27-10-16(22)24/h3-9,18H,10H2,1-2H3,(H2,22,24). The Bertz CT molecular complexity index is 1160. The van der Waals surface area contributed by atoms with E-state index in [1.54, 1.807) is 43.4 Å². The summed E-state index contributed by atoms with van der Waals surface area (Å²) in [5.41, 5.74) is 7.26. The monoisotopic (exact) mass is 378 g/mol. The van der Waals surface area contributed by atoms with Gasteiger partial charge in [-0.1, -0.05) is 23.8 Å². The summed E-state index contributed by atoms with van der Waals surface area (Å²) in [5, 5.41) is 0.452. The van der Waals surface area contributed by atoms with Crippen molar-refractivity contribution >= 4 is 22.8 Å². The van der Waals surface area contributed by atoms with E-state index in [4.69, 9.17) is 14.9 Å². The lowest BCUT2D eigenvalue weighted by Gasteiger charge is -2.20. The Hall–Kier alpha value is -3.61. The van der Waals surface area contributed by atoms with Crippen molar-refractivity contribution in [2.75, 3.05) is 13.7 Å². The van der Waals surface area contributed by atoms with Crippen LogP contribution in [0, 0.1) is 6.92 Å². The molecule has 0 bridgehead atoms. The van der Waals surface area contributed by atoms with Crippen LogP contribution in [-0.4, -0.2) is 30.4 Å². The molecule has 0 saturated heterocycles. The van der Waals surface area contributed by atoms with E-state index in [9.17, 15) is 14.4 Å². The van der Waals surface area contributed by atoms with Crippen molar-refractivity contribution in [3.8, 4) is 5.75 Å². The predicted octanol–water partition coefficient (Wildman–Crippen LogP) is 2.14. The quantitative estimate of drug-likeness (QED) is 0.749. The van der Waals surface area contributed by atoms with Gasteiger partial charge in [0.25, 0.3) is 11.8 Å². The number of carbonyl (C=O) groups excluding carboxylic acids is 2. The molecule has 0 spiro atoms. The SMILES string of the molecule is Cc1ccc2oc3c(c(=O)c2c1)C(c1ccc(OCC(N)=O)cc1)N(C)C3=O. The van der Waals surface area contributed by atoms with Crippen LogP contribution in [0.5, 0.6) is 5.75 Å². The average Bonchev–Trinajstić information content (AvgIpc) is 2.93. The van der Waals surface area contributed by atoms with Crippen LogP contribution >= 0.6 is 0 Å². The zero-order valence-corrected chi connectivity index (χ0v) is 15.4. The Balaban J connectivity index is 1.81. The molecule has 0 radical (unpaired) electrons. The molecule has 2 amide bonds. The van der Waals surface area contributed by atoms with Gasteiger partial charge in [-0.25, -0.2) is 0 Å². The molecule has 7 nitrogen and oxygen atoms in total. The number of benzene rings is 2. The summed E-state index contributed by atoms with van der Waals surface area (Å²) in [6.07, 6.45) is 0. The minimum atomic E-state index is -0.570. The van der Waals surface area contributed by atoms with Gasteiger partial charge in [0.2, 0.25) is 5.76 Å². The molecule has 0 aliphatic carbocycles. The lowest BCUT2D eigenvalue weighted by molar-refractivity contribution is -0.119.